The van der Waals surface area contributed by atoms with Gasteiger partial charge in [-0.05, 0) is 79.3 Å². The standard InChI is InChI=1S/C21H27NOS/c1-18(19-7-5-3-4-6-8-19)23-17-21(11-13-22-14-12-21)20-9-15-24(2)16-10-20/h3,5-10,15-16,18,22H,11-14,17H2,1-2H3. The van der Waals surface area contributed by atoms with Crippen LogP contribution in [0.15, 0.2) is 64.8 Å². The fraction of sp³-hybridized carbons (Fsp3) is 0.429. The minimum Gasteiger partial charge on any atom is -0.373 e. The number of rotatable bonds is 5. The van der Waals surface area contributed by atoms with Gasteiger partial charge in [-0.3, -0.25) is 0 Å². The van der Waals surface area contributed by atoms with Crippen molar-refractivity contribution in [1.82, 2.24) is 5.32 Å². The van der Waals surface area contributed by atoms with Gasteiger partial charge >= 0.3 is 0 Å². The molecule has 0 bridgehead atoms. The first-order valence-electron chi connectivity index (χ1n) is 8.69. The molecule has 1 fully saturated rings. The second-order valence-corrected chi connectivity index (χ2v) is 8.44. The Labute approximate surface area is 148 Å². The van der Waals surface area contributed by atoms with Gasteiger partial charge in [0.2, 0.25) is 0 Å². The fourth-order valence-electron chi connectivity index (χ4n) is 3.36. The Kier molecular flexibility index (Phi) is 5.91. The van der Waals surface area contributed by atoms with E-state index in [9.17, 15) is 0 Å². The van der Waals surface area contributed by atoms with Crippen molar-refractivity contribution in [2.75, 3.05) is 26.0 Å². The van der Waals surface area contributed by atoms with Gasteiger partial charge in [-0.25, -0.2) is 0 Å². The van der Waals surface area contributed by atoms with Gasteiger partial charge in [0.25, 0.3) is 0 Å². The summed E-state index contributed by atoms with van der Waals surface area (Å²) in [4.78, 5) is 0. The topological polar surface area (TPSA) is 21.3 Å². The molecule has 3 aliphatic rings. The van der Waals surface area contributed by atoms with E-state index in [1.807, 2.05) is 18.2 Å². The molecule has 2 aliphatic heterocycles. The van der Waals surface area contributed by atoms with Crippen LogP contribution in [0.4, 0.5) is 0 Å². The Morgan fingerprint density at radius 2 is 2.08 bits per heavy atom. The maximum atomic E-state index is 6.36. The Balaban J connectivity index is 1.72. The van der Waals surface area contributed by atoms with Crippen molar-refractivity contribution in [2.24, 2.45) is 5.41 Å². The zero-order chi connectivity index (χ0) is 16.8. The van der Waals surface area contributed by atoms with E-state index in [1.54, 1.807) is 0 Å². The molecule has 0 saturated carbocycles. The molecule has 2 unspecified atom stereocenters. The van der Waals surface area contributed by atoms with Gasteiger partial charge in [-0.15, -0.1) is 5.73 Å². The molecule has 0 aromatic carbocycles. The predicted molar refractivity (Wildman–Crippen MR) is 107 cm³/mol. The van der Waals surface area contributed by atoms with Crippen LogP contribution in [0.5, 0.6) is 0 Å². The quantitative estimate of drug-likeness (QED) is 0.600. The lowest BCUT2D eigenvalue weighted by atomic mass is 9.73. The molecular weight excluding hydrogens is 314 g/mol. The van der Waals surface area contributed by atoms with E-state index in [-0.39, 0.29) is 22.0 Å². The molecular formula is C21H27NOS. The SMILES string of the molecule is CC(OCC1(C2=CC=S(C)C=C2)CCNCC1)C1=CC=C=CC=C1. The summed E-state index contributed by atoms with van der Waals surface area (Å²) in [6.07, 6.45) is 19.4. The molecule has 3 heteroatoms. The summed E-state index contributed by atoms with van der Waals surface area (Å²) >= 11 is 0. The summed E-state index contributed by atoms with van der Waals surface area (Å²) < 4.78 is 6.36. The predicted octanol–water partition coefficient (Wildman–Crippen LogP) is 4.12. The van der Waals surface area contributed by atoms with E-state index in [0.29, 0.717) is 0 Å². The van der Waals surface area contributed by atoms with Crippen LogP contribution in [0, 0.1) is 5.41 Å². The maximum Gasteiger partial charge on any atom is 0.0797 e. The van der Waals surface area contributed by atoms with Crippen molar-refractivity contribution in [3.63, 3.8) is 0 Å². The minimum absolute atomic E-state index is 0.0931. The summed E-state index contributed by atoms with van der Waals surface area (Å²) in [6, 6.07) is 0. The lowest BCUT2D eigenvalue weighted by Gasteiger charge is -2.40. The smallest absolute Gasteiger partial charge is 0.0797 e. The highest BCUT2D eigenvalue weighted by molar-refractivity contribution is 8.17. The molecule has 1 N–H and O–H groups in total. The van der Waals surface area contributed by atoms with E-state index in [4.69, 9.17) is 4.74 Å². The van der Waals surface area contributed by atoms with Crippen molar-refractivity contribution in [3.8, 4) is 0 Å². The number of piperidine rings is 1. The van der Waals surface area contributed by atoms with Crippen molar-refractivity contribution < 1.29 is 4.74 Å². The number of ether oxygens (including phenoxy) is 1. The summed E-state index contributed by atoms with van der Waals surface area (Å²) in [5.74, 6) is 0. The van der Waals surface area contributed by atoms with Crippen LogP contribution in [-0.4, -0.2) is 37.4 Å². The third-order valence-corrected chi connectivity index (χ3v) is 6.16. The van der Waals surface area contributed by atoms with E-state index in [2.05, 4.69) is 59.3 Å². The first-order valence-corrected chi connectivity index (χ1v) is 10.4. The lowest BCUT2D eigenvalue weighted by molar-refractivity contribution is 0.0197. The monoisotopic (exact) mass is 341 g/mol. The Morgan fingerprint density at radius 1 is 1.25 bits per heavy atom. The van der Waals surface area contributed by atoms with Crippen molar-refractivity contribution in [2.45, 2.75) is 25.9 Å². The third-order valence-electron chi connectivity index (χ3n) is 5.03. The molecule has 3 rings (SSSR count). The number of hydrogen-bond acceptors (Lipinski definition) is 2. The second kappa shape index (κ2) is 8.13. The van der Waals surface area contributed by atoms with Gasteiger partial charge in [-0.2, -0.15) is 10.5 Å². The molecule has 128 valence electrons. The molecule has 0 aromatic rings. The molecule has 2 atom stereocenters. The first kappa shape index (κ1) is 17.4. The van der Waals surface area contributed by atoms with Gasteiger partial charge in [-0.1, -0.05) is 24.3 Å². The zero-order valence-corrected chi connectivity index (χ0v) is 15.4. The highest BCUT2D eigenvalue weighted by Crippen LogP contribution is 2.40. The summed E-state index contributed by atoms with van der Waals surface area (Å²) in [5.41, 5.74) is 5.88. The molecule has 1 aliphatic carbocycles. The summed E-state index contributed by atoms with van der Waals surface area (Å²) in [5, 5.41) is 8.15. The first-order chi connectivity index (χ1) is 11.7. The summed E-state index contributed by atoms with van der Waals surface area (Å²) in [7, 11) is 0.277. The Hall–Kier alpha value is -1.38. The molecule has 2 heterocycles. The van der Waals surface area contributed by atoms with Crippen molar-refractivity contribution >= 4 is 15.9 Å². The van der Waals surface area contributed by atoms with E-state index in [0.717, 1.165) is 32.5 Å². The van der Waals surface area contributed by atoms with Gasteiger partial charge in [0.1, 0.15) is 0 Å². The Morgan fingerprint density at radius 3 is 2.83 bits per heavy atom. The van der Waals surface area contributed by atoms with Crippen molar-refractivity contribution in [1.29, 1.82) is 0 Å². The molecule has 24 heavy (non-hydrogen) atoms. The minimum atomic E-state index is 0.0931. The fourth-order valence-corrected chi connectivity index (χ4v) is 4.17. The highest BCUT2D eigenvalue weighted by atomic mass is 32.2. The van der Waals surface area contributed by atoms with Crippen LogP contribution < -0.4 is 5.32 Å². The molecule has 0 aromatic heterocycles. The van der Waals surface area contributed by atoms with Crippen molar-refractivity contribution in [3.05, 3.63) is 64.8 Å². The van der Waals surface area contributed by atoms with E-state index >= 15 is 0 Å². The zero-order valence-electron chi connectivity index (χ0n) is 14.6. The van der Waals surface area contributed by atoms with Gasteiger partial charge < -0.3 is 10.1 Å². The van der Waals surface area contributed by atoms with Crippen LogP contribution in [0.2, 0.25) is 0 Å². The van der Waals surface area contributed by atoms with Gasteiger partial charge in [0.05, 0.1) is 12.7 Å². The third kappa shape index (κ3) is 4.17. The normalized spacial score (nSPS) is 26.3. The van der Waals surface area contributed by atoms with Gasteiger partial charge in [0.15, 0.2) is 0 Å². The lowest BCUT2D eigenvalue weighted by Crippen LogP contribution is -2.41. The van der Waals surface area contributed by atoms with Crippen LogP contribution >= 0.6 is 10.5 Å². The number of hydrogen-bond donors (Lipinski definition) is 1. The highest BCUT2D eigenvalue weighted by Gasteiger charge is 2.35. The van der Waals surface area contributed by atoms with Crippen LogP contribution in [-0.2, 0) is 4.74 Å². The van der Waals surface area contributed by atoms with Crippen LogP contribution in [0.1, 0.15) is 19.8 Å². The van der Waals surface area contributed by atoms with E-state index < -0.39 is 0 Å². The average molecular weight is 342 g/mol. The largest absolute Gasteiger partial charge is 0.373 e. The average Bonchev–Trinajstić information content (AvgIpc) is 2.90. The molecule has 2 nitrogen and oxygen atoms in total. The van der Waals surface area contributed by atoms with Gasteiger partial charge in [0, 0.05) is 5.41 Å². The number of allylic oxidation sites excluding steroid dienone is 5. The molecule has 0 radical (unpaired) electrons. The number of nitrogens with one attached hydrogen (secondary N) is 1. The Bertz CT molecular complexity index is 681. The van der Waals surface area contributed by atoms with Crippen LogP contribution in [0.3, 0.4) is 0 Å². The summed E-state index contributed by atoms with van der Waals surface area (Å²) in [6.45, 7) is 5.05. The molecule has 0 amide bonds. The van der Waals surface area contributed by atoms with E-state index in [1.165, 1.54) is 11.1 Å². The molecule has 0 spiro atoms. The van der Waals surface area contributed by atoms with Crippen LogP contribution in [0.25, 0.3) is 0 Å². The second-order valence-electron chi connectivity index (χ2n) is 6.68. The molecule has 1 saturated heterocycles. The maximum absolute atomic E-state index is 6.36.